The number of thioether (sulfide) groups is 1. The van der Waals surface area contributed by atoms with E-state index < -0.39 is 5.97 Å². The van der Waals surface area contributed by atoms with Gasteiger partial charge in [-0.05, 0) is 47.0 Å². The Hall–Kier alpha value is -0.340. The minimum atomic E-state index is -0.958. The number of thiocarbonyl (C=S) groups is 1. The lowest BCUT2D eigenvalue weighted by Gasteiger charge is -2.08. The van der Waals surface area contributed by atoms with Gasteiger partial charge in [0.05, 0.1) is 11.3 Å². The molecule has 0 unspecified atom stereocenters. The van der Waals surface area contributed by atoms with Crippen molar-refractivity contribution < 1.29 is 9.90 Å². The summed E-state index contributed by atoms with van der Waals surface area (Å²) < 4.78 is 1.43. The van der Waals surface area contributed by atoms with Gasteiger partial charge in [0.1, 0.15) is 4.32 Å². The van der Waals surface area contributed by atoms with Gasteiger partial charge < -0.3 is 10.4 Å². The highest BCUT2D eigenvalue weighted by molar-refractivity contribution is 14.1. The van der Waals surface area contributed by atoms with Crippen LogP contribution in [0.25, 0.3) is 0 Å². The van der Waals surface area contributed by atoms with E-state index in [2.05, 4.69) is 27.9 Å². The van der Waals surface area contributed by atoms with Crippen molar-refractivity contribution in [1.29, 1.82) is 0 Å². The van der Waals surface area contributed by atoms with Crippen molar-refractivity contribution in [3.8, 4) is 0 Å². The van der Waals surface area contributed by atoms with E-state index in [-0.39, 0.29) is 5.56 Å². The van der Waals surface area contributed by atoms with Gasteiger partial charge in [-0.25, -0.2) is 4.79 Å². The molecule has 0 aliphatic heterocycles. The highest BCUT2D eigenvalue weighted by atomic mass is 127. The summed E-state index contributed by atoms with van der Waals surface area (Å²) in [6.07, 6.45) is 1.84. The number of carboxylic acids is 1. The second-order valence-corrected chi connectivity index (χ2v) is 5.34. The molecule has 0 heterocycles. The molecule has 3 nitrogen and oxygen atoms in total. The average molecular weight is 353 g/mol. The first kappa shape index (κ1) is 12.7. The van der Waals surface area contributed by atoms with Gasteiger partial charge in [0, 0.05) is 3.57 Å². The summed E-state index contributed by atoms with van der Waals surface area (Å²) in [4.78, 5) is 11.0. The Morgan fingerprint density at radius 3 is 2.80 bits per heavy atom. The lowest BCUT2D eigenvalue weighted by Crippen LogP contribution is -2.09. The summed E-state index contributed by atoms with van der Waals surface area (Å²) in [5.41, 5.74) is 0.764. The summed E-state index contributed by atoms with van der Waals surface area (Å²) in [5, 5.41) is 11.9. The predicted octanol–water partition coefficient (Wildman–Crippen LogP) is 3.05. The molecular weight excluding hydrogens is 345 g/mol. The van der Waals surface area contributed by atoms with Gasteiger partial charge in [-0.15, -0.1) is 11.8 Å². The molecule has 0 amide bonds. The first-order valence-corrected chi connectivity index (χ1v) is 6.63. The van der Waals surface area contributed by atoms with Crippen molar-refractivity contribution in [3.63, 3.8) is 0 Å². The fourth-order valence-corrected chi connectivity index (χ4v) is 1.78. The maximum absolute atomic E-state index is 11.0. The third kappa shape index (κ3) is 3.62. The number of nitrogens with one attached hydrogen (secondary N) is 1. The molecule has 0 saturated heterocycles. The van der Waals surface area contributed by atoms with Crippen molar-refractivity contribution in [2.24, 2.45) is 0 Å². The number of aromatic carboxylic acids is 1. The van der Waals surface area contributed by atoms with E-state index in [1.165, 1.54) is 11.8 Å². The molecule has 0 radical (unpaired) electrons. The highest BCUT2D eigenvalue weighted by Crippen LogP contribution is 2.20. The summed E-state index contributed by atoms with van der Waals surface area (Å²) in [6.45, 7) is 0. The first-order valence-electron chi connectivity index (χ1n) is 3.92. The van der Waals surface area contributed by atoms with E-state index in [1.807, 2.05) is 12.3 Å². The van der Waals surface area contributed by atoms with Crippen LogP contribution in [0, 0.1) is 3.57 Å². The van der Waals surface area contributed by atoms with Crippen LogP contribution in [0.4, 0.5) is 5.69 Å². The largest absolute Gasteiger partial charge is 0.478 e. The number of carboxylic acid groups (broad SMARTS) is 1. The summed E-state index contributed by atoms with van der Waals surface area (Å²) in [7, 11) is 0. The van der Waals surface area contributed by atoms with Gasteiger partial charge in [0.25, 0.3) is 0 Å². The van der Waals surface area contributed by atoms with Crippen molar-refractivity contribution in [1.82, 2.24) is 0 Å². The Bertz CT molecular complexity index is 409. The Labute approximate surface area is 111 Å². The fraction of sp³-hybridized carbons (Fsp3) is 0.111. The van der Waals surface area contributed by atoms with Crippen LogP contribution >= 0.6 is 46.6 Å². The van der Waals surface area contributed by atoms with Crippen molar-refractivity contribution >= 4 is 62.5 Å². The van der Waals surface area contributed by atoms with Gasteiger partial charge in [-0.3, -0.25) is 0 Å². The van der Waals surface area contributed by atoms with Crippen LogP contribution in [0.15, 0.2) is 18.2 Å². The van der Waals surface area contributed by atoms with E-state index in [0.29, 0.717) is 10.0 Å². The monoisotopic (exact) mass is 353 g/mol. The van der Waals surface area contributed by atoms with Gasteiger partial charge in [-0.2, -0.15) is 0 Å². The average Bonchev–Trinajstić information content (AvgIpc) is 2.20. The van der Waals surface area contributed by atoms with Crippen LogP contribution in [0.3, 0.4) is 0 Å². The minimum Gasteiger partial charge on any atom is -0.478 e. The van der Waals surface area contributed by atoms with Gasteiger partial charge in [-0.1, -0.05) is 12.2 Å². The van der Waals surface area contributed by atoms with E-state index in [9.17, 15) is 4.79 Å². The molecule has 1 aromatic rings. The molecule has 0 fully saturated rings. The van der Waals surface area contributed by atoms with Crippen LogP contribution in [-0.4, -0.2) is 21.7 Å². The third-order valence-corrected chi connectivity index (χ3v) is 3.38. The lowest BCUT2D eigenvalue weighted by molar-refractivity contribution is 0.0698. The third-order valence-electron chi connectivity index (χ3n) is 1.63. The van der Waals surface area contributed by atoms with Crippen molar-refractivity contribution in [2.75, 3.05) is 11.6 Å². The molecule has 0 bridgehead atoms. The van der Waals surface area contributed by atoms with E-state index in [1.54, 1.807) is 12.1 Å². The van der Waals surface area contributed by atoms with Gasteiger partial charge in [0.15, 0.2) is 0 Å². The quantitative estimate of drug-likeness (QED) is 0.632. The molecule has 0 aromatic heterocycles. The number of rotatable bonds is 2. The van der Waals surface area contributed by atoms with Crippen LogP contribution < -0.4 is 5.32 Å². The molecule has 0 aliphatic carbocycles. The summed E-state index contributed by atoms with van der Waals surface area (Å²) in [6, 6.07) is 5.15. The van der Waals surface area contributed by atoms with Gasteiger partial charge in [0.2, 0.25) is 0 Å². The number of halogens is 1. The van der Waals surface area contributed by atoms with Crippen LogP contribution in [0.5, 0.6) is 0 Å². The molecule has 0 spiro atoms. The molecule has 0 aliphatic rings. The Kier molecular flexibility index (Phi) is 4.81. The molecule has 0 atom stereocenters. The van der Waals surface area contributed by atoms with E-state index >= 15 is 0 Å². The topological polar surface area (TPSA) is 49.3 Å². The standard InChI is InChI=1S/C9H8INO2S2/c1-15-9(14)11-7-3-2-5(10)4-6(7)8(12)13/h2-4H,1H3,(H,11,14)(H,12,13). The molecular formula is C9H8INO2S2. The summed E-state index contributed by atoms with van der Waals surface area (Å²) >= 11 is 8.41. The predicted molar refractivity (Wildman–Crippen MR) is 75.9 cm³/mol. The van der Waals surface area contributed by atoms with Crippen molar-refractivity contribution in [3.05, 3.63) is 27.3 Å². The molecule has 6 heteroatoms. The number of hydrogen-bond donors (Lipinski definition) is 2. The molecule has 1 rings (SSSR count). The zero-order valence-corrected chi connectivity index (χ0v) is 11.6. The zero-order valence-electron chi connectivity index (χ0n) is 7.78. The zero-order chi connectivity index (χ0) is 11.4. The Morgan fingerprint density at radius 2 is 2.27 bits per heavy atom. The lowest BCUT2D eigenvalue weighted by atomic mass is 10.2. The molecule has 1 aromatic carbocycles. The number of anilines is 1. The molecule has 2 N–H and O–H groups in total. The first-order chi connectivity index (χ1) is 7.04. The Morgan fingerprint density at radius 1 is 1.60 bits per heavy atom. The van der Waals surface area contributed by atoms with Crippen LogP contribution in [0.2, 0.25) is 0 Å². The van der Waals surface area contributed by atoms with E-state index in [4.69, 9.17) is 17.3 Å². The highest BCUT2D eigenvalue weighted by Gasteiger charge is 2.11. The second kappa shape index (κ2) is 5.66. The fourth-order valence-electron chi connectivity index (χ4n) is 0.963. The maximum Gasteiger partial charge on any atom is 0.337 e. The normalized spacial score (nSPS) is 9.73. The summed E-state index contributed by atoms with van der Waals surface area (Å²) in [5.74, 6) is -0.958. The maximum atomic E-state index is 11.0. The van der Waals surface area contributed by atoms with Crippen LogP contribution in [-0.2, 0) is 0 Å². The van der Waals surface area contributed by atoms with Gasteiger partial charge >= 0.3 is 5.97 Å². The molecule has 80 valence electrons. The minimum absolute atomic E-state index is 0.235. The number of hydrogen-bond acceptors (Lipinski definition) is 3. The molecule has 15 heavy (non-hydrogen) atoms. The smallest absolute Gasteiger partial charge is 0.337 e. The Balaban J connectivity index is 3.06. The molecule has 0 saturated carbocycles. The van der Waals surface area contributed by atoms with Crippen LogP contribution in [0.1, 0.15) is 10.4 Å². The second-order valence-electron chi connectivity index (χ2n) is 2.61. The number of carbonyl (C=O) groups is 1. The number of benzene rings is 1. The van der Waals surface area contributed by atoms with Crippen molar-refractivity contribution in [2.45, 2.75) is 0 Å². The SMILES string of the molecule is CSC(=S)Nc1ccc(I)cc1C(=O)O. The van der Waals surface area contributed by atoms with E-state index in [0.717, 1.165) is 3.57 Å².